The van der Waals surface area contributed by atoms with Crippen molar-refractivity contribution >= 4 is 11.6 Å². The number of nitrogens with one attached hydrogen (secondary N) is 1. The van der Waals surface area contributed by atoms with Gasteiger partial charge in [-0.15, -0.1) is 0 Å². The van der Waals surface area contributed by atoms with Gasteiger partial charge in [-0.3, -0.25) is 9.79 Å². The van der Waals surface area contributed by atoms with Gasteiger partial charge in [-0.1, -0.05) is 54.6 Å². The Bertz CT molecular complexity index is 632. The Morgan fingerprint density at radius 2 is 1.74 bits per heavy atom. The molecule has 3 heteroatoms. The summed E-state index contributed by atoms with van der Waals surface area (Å²) in [5.41, 5.74) is 2.28. The molecule has 2 aromatic rings. The van der Waals surface area contributed by atoms with Gasteiger partial charge in [-0.2, -0.15) is 0 Å². The second kappa shape index (κ2) is 5.06. The number of carbonyl (C=O) groups excluding carboxylic acids is 1. The molecule has 1 N–H and O–H groups in total. The fourth-order valence-electron chi connectivity index (χ4n) is 2.21. The number of carbonyl (C=O) groups is 1. The van der Waals surface area contributed by atoms with Crippen LogP contribution in [-0.2, 0) is 0 Å². The van der Waals surface area contributed by atoms with Crippen LogP contribution in [0.1, 0.15) is 21.5 Å². The molecule has 0 spiro atoms. The summed E-state index contributed by atoms with van der Waals surface area (Å²) in [7, 11) is 0. The molecule has 94 valence electrons. The molecule has 2 aromatic carbocycles. The molecule has 0 radical (unpaired) electrons. The average molecular weight is 250 g/mol. The van der Waals surface area contributed by atoms with Gasteiger partial charge in [0.2, 0.25) is 0 Å². The Labute approximate surface area is 112 Å². The van der Waals surface area contributed by atoms with E-state index in [9.17, 15) is 4.79 Å². The van der Waals surface area contributed by atoms with E-state index in [-0.39, 0.29) is 5.78 Å². The van der Waals surface area contributed by atoms with Crippen LogP contribution < -0.4 is 5.32 Å². The van der Waals surface area contributed by atoms with Gasteiger partial charge in [0.25, 0.3) is 0 Å². The highest BCUT2D eigenvalue weighted by Crippen LogP contribution is 2.16. The fourth-order valence-corrected chi connectivity index (χ4v) is 2.21. The number of hydrogen-bond acceptors (Lipinski definition) is 3. The fraction of sp³-hybridized carbons (Fsp3) is 0.125. The van der Waals surface area contributed by atoms with Gasteiger partial charge in [-0.25, -0.2) is 0 Å². The first-order valence-corrected chi connectivity index (χ1v) is 6.34. The largest absolute Gasteiger partial charge is 0.368 e. The molecule has 0 bridgehead atoms. The van der Waals surface area contributed by atoms with E-state index in [1.54, 1.807) is 0 Å². The molecule has 0 aromatic heterocycles. The highest BCUT2D eigenvalue weighted by atomic mass is 16.1. The maximum atomic E-state index is 12.5. The van der Waals surface area contributed by atoms with Crippen LogP contribution in [0.25, 0.3) is 0 Å². The van der Waals surface area contributed by atoms with Gasteiger partial charge in [-0.05, 0) is 0 Å². The number of ketones is 1. The van der Waals surface area contributed by atoms with Crippen LogP contribution in [0.15, 0.2) is 59.6 Å². The minimum Gasteiger partial charge on any atom is -0.368 e. The summed E-state index contributed by atoms with van der Waals surface area (Å²) >= 11 is 0. The molecule has 19 heavy (non-hydrogen) atoms. The summed E-state index contributed by atoms with van der Waals surface area (Å²) in [6, 6.07) is 16.9. The first kappa shape index (κ1) is 11.7. The molecule has 0 amide bonds. The van der Waals surface area contributed by atoms with E-state index in [2.05, 4.69) is 10.3 Å². The Morgan fingerprint density at radius 3 is 2.47 bits per heavy atom. The molecule has 1 aliphatic heterocycles. The molecule has 0 saturated heterocycles. The van der Waals surface area contributed by atoms with E-state index >= 15 is 0 Å². The van der Waals surface area contributed by atoms with E-state index in [0.29, 0.717) is 11.1 Å². The van der Waals surface area contributed by atoms with Crippen LogP contribution in [-0.4, -0.2) is 24.7 Å². The highest BCUT2D eigenvalue weighted by Gasteiger charge is 2.17. The van der Waals surface area contributed by atoms with Gasteiger partial charge in [0.1, 0.15) is 5.84 Å². The molecule has 3 nitrogen and oxygen atoms in total. The highest BCUT2D eigenvalue weighted by molar-refractivity contribution is 6.16. The number of benzene rings is 2. The maximum Gasteiger partial charge on any atom is 0.193 e. The first-order valence-electron chi connectivity index (χ1n) is 6.34. The van der Waals surface area contributed by atoms with E-state index in [1.165, 1.54) is 0 Å². The van der Waals surface area contributed by atoms with Gasteiger partial charge < -0.3 is 5.32 Å². The zero-order valence-electron chi connectivity index (χ0n) is 10.5. The van der Waals surface area contributed by atoms with Crippen molar-refractivity contribution in [1.29, 1.82) is 0 Å². The second-order valence-corrected chi connectivity index (χ2v) is 4.40. The van der Waals surface area contributed by atoms with Crippen LogP contribution >= 0.6 is 0 Å². The zero-order valence-corrected chi connectivity index (χ0v) is 10.5. The summed E-state index contributed by atoms with van der Waals surface area (Å²) < 4.78 is 0. The van der Waals surface area contributed by atoms with Crippen molar-refractivity contribution in [2.75, 3.05) is 13.1 Å². The van der Waals surface area contributed by atoms with E-state index < -0.39 is 0 Å². The topological polar surface area (TPSA) is 41.5 Å². The van der Waals surface area contributed by atoms with Gasteiger partial charge >= 0.3 is 0 Å². The van der Waals surface area contributed by atoms with Crippen molar-refractivity contribution in [3.8, 4) is 0 Å². The molecule has 3 rings (SSSR count). The zero-order chi connectivity index (χ0) is 13.1. The molecular weight excluding hydrogens is 236 g/mol. The van der Waals surface area contributed by atoms with Crippen molar-refractivity contribution in [2.45, 2.75) is 0 Å². The lowest BCUT2D eigenvalue weighted by Gasteiger charge is -2.09. The molecular formula is C16H14N2O. The van der Waals surface area contributed by atoms with E-state index in [0.717, 1.165) is 24.5 Å². The lowest BCUT2D eigenvalue weighted by Crippen LogP contribution is -2.22. The SMILES string of the molecule is O=C(c1ccccc1)c1ccccc1C1=NCCN1. The average Bonchev–Trinajstić information content (AvgIpc) is 3.01. The van der Waals surface area contributed by atoms with Crippen LogP contribution in [0.4, 0.5) is 0 Å². The van der Waals surface area contributed by atoms with Crippen molar-refractivity contribution in [2.24, 2.45) is 4.99 Å². The standard InChI is InChI=1S/C16H14N2O/c19-15(12-6-2-1-3-7-12)13-8-4-5-9-14(13)16-17-10-11-18-16/h1-9H,10-11H2,(H,17,18). The molecule has 0 saturated carbocycles. The molecule has 1 aliphatic rings. The second-order valence-electron chi connectivity index (χ2n) is 4.40. The maximum absolute atomic E-state index is 12.5. The molecule has 0 fully saturated rings. The summed E-state index contributed by atoms with van der Waals surface area (Å²) in [6.07, 6.45) is 0. The molecule has 0 atom stereocenters. The predicted molar refractivity (Wildman–Crippen MR) is 75.7 cm³/mol. The van der Waals surface area contributed by atoms with Crippen LogP contribution in [0.5, 0.6) is 0 Å². The monoisotopic (exact) mass is 250 g/mol. The smallest absolute Gasteiger partial charge is 0.193 e. The minimum atomic E-state index is 0.0348. The number of nitrogens with zero attached hydrogens (tertiary/aromatic N) is 1. The lowest BCUT2D eigenvalue weighted by atomic mass is 9.98. The number of aliphatic imine (C=N–C) groups is 1. The number of hydrogen-bond donors (Lipinski definition) is 1. The van der Waals surface area contributed by atoms with Crippen LogP contribution in [0.2, 0.25) is 0 Å². The van der Waals surface area contributed by atoms with Crippen LogP contribution in [0, 0.1) is 0 Å². The van der Waals surface area contributed by atoms with Crippen molar-refractivity contribution < 1.29 is 4.79 Å². The van der Waals surface area contributed by atoms with E-state index in [1.807, 2.05) is 54.6 Å². The third-order valence-electron chi connectivity index (χ3n) is 3.14. The number of amidine groups is 1. The quantitative estimate of drug-likeness (QED) is 0.849. The summed E-state index contributed by atoms with van der Waals surface area (Å²) in [6.45, 7) is 1.60. The normalized spacial score (nSPS) is 13.8. The summed E-state index contributed by atoms with van der Waals surface area (Å²) in [5, 5.41) is 3.22. The number of rotatable bonds is 3. The lowest BCUT2D eigenvalue weighted by molar-refractivity contribution is 0.103. The Balaban J connectivity index is 2.03. The molecule has 0 aliphatic carbocycles. The van der Waals surface area contributed by atoms with Crippen LogP contribution in [0.3, 0.4) is 0 Å². The predicted octanol–water partition coefficient (Wildman–Crippen LogP) is 2.27. The van der Waals surface area contributed by atoms with Gasteiger partial charge in [0, 0.05) is 23.2 Å². The Kier molecular flexibility index (Phi) is 3.11. The summed E-state index contributed by atoms with van der Waals surface area (Å²) in [4.78, 5) is 16.9. The molecule has 0 unspecified atom stereocenters. The Hall–Kier alpha value is -2.42. The first-order chi connectivity index (χ1) is 9.36. The Morgan fingerprint density at radius 1 is 1.00 bits per heavy atom. The summed E-state index contributed by atoms with van der Waals surface area (Å²) in [5.74, 6) is 0.854. The third kappa shape index (κ3) is 2.27. The van der Waals surface area contributed by atoms with Gasteiger partial charge in [0.15, 0.2) is 5.78 Å². The van der Waals surface area contributed by atoms with Gasteiger partial charge in [0.05, 0.1) is 6.54 Å². The minimum absolute atomic E-state index is 0.0348. The van der Waals surface area contributed by atoms with Crippen molar-refractivity contribution in [3.05, 3.63) is 71.3 Å². The third-order valence-corrected chi connectivity index (χ3v) is 3.14. The van der Waals surface area contributed by atoms with E-state index in [4.69, 9.17) is 0 Å². The van der Waals surface area contributed by atoms with Crippen molar-refractivity contribution in [3.63, 3.8) is 0 Å². The van der Waals surface area contributed by atoms with Crippen molar-refractivity contribution in [1.82, 2.24) is 5.32 Å². The molecule has 1 heterocycles.